The van der Waals surface area contributed by atoms with Crippen LogP contribution >= 0.6 is 15.9 Å². The molecule has 0 bridgehead atoms. The fourth-order valence-corrected chi connectivity index (χ4v) is 1.94. The molecule has 0 fully saturated rings. The predicted molar refractivity (Wildman–Crippen MR) is 68.8 cm³/mol. The summed E-state index contributed by atoms with van der Waals surface area (Å²) in [6, 6.07) is 7.75. The molecule has 1 aromatic rings. The van der Waals surface area contributed by atoms with Gasteiger partial charge in [0.25, 0.3) is 0 Å². The fraction of sp³-hybridized carbons (Fsp3) is 0.250. The van der Waals surface area contributed by atoms with Crippen LogP contribution < -0.4 is 4.90 Å². The summed E-state index contributed by atoms with van der Waals surface area (Å²) >= 11 is 3.45. The Morgan fingerprint density at radius 1 is 1.50 bits per heavy atom. The van der Waals surface area contributed by atoms with Gasteiger partial charge in [0.1, 0.15) is 0 Å². The maximum absolute atomic E-state index is 10.6. The Kier molecular flexibility index (Phi) is 5.05. The first-order chi connectivity index (χ1) is 7.65. The molecule has 16 heavy (non-hydrogen) atoms. The Bertz CT molecular complexity index is 379. The quantitative estimate of drug-likeness (QED) is 0.816. The summed E-state index contributed by atoms with van der Waals surface area (Å²) in [7, 11) is 0. The second-order valence-corrected chi connectivity index (χ2v) is 4.18. The summed E-state index contributed by atoms with van der Waals surface area (Å²) < 4.78 is 0.960. The normalized spacial score (nSPS) is 9.81. The molecular weight excluding hydrogens is 270 g/mol. The summed E-state index contributed by atoms with van der Waals surface area (Å²) in [5.41, 5.74) is 0.989. The van der Waals surface area contributed by atoms with Crippen molar-refractivity contribution < 1.29 is 9.90 Å². The number of aliphatic carboxylic acids is 1. The first-order valence-electron chi connectivity index (χ1n) is 4.97. The Morgan fingerprint density at radius 3 is 2.75 bits per heavy atom. The Morgan fingerprint density at radius 2 is 2.19 bits per heavy atom. The zero-order valence-electron chi connectivity index (χ0n) is 8.90. The number of halogens is 1. The van der Waals surface area contributed by atoms with Gasteiger partial charge < -0.3 is 10.0 Å². The maximum atomic E-state index is 10.6. The van der Waals surface area contributed by atoms with Gasteiger partial charge in [-0.3, -0.25) is 4.79 Å². The number of rotatable bonds is 6. The molecule has 0 aromatic heterocycles. The van der Waals surface area contributed by atoms with E-state index in [0.717, 1.165) is 10.2 Å². The van der Waals surface area contributed by atoms with E-state index >= 15 is 0 Å². The highest BCUT2D eigenvalue weighted by Gasteiger charge is 2.09. The molecule has 3 nitrogen and oxygen atoms in total. The van der Waals surface area contributed by atoms with Gasteiger partial charge in [0.05, 0.1) is 12.1 Å². The van der Waals surface area contributed by atoms with Crippen LogP contribution in [0.4, 0.5) is 5.69 Å². The molecule has 1 N–H and O–H groups in total. The van der Waals surface area contributed by atoms with Crippen LogP contribution in [0.5, 0.6) is 0 Å². The SMILES string of the molecule is C=CCN(CCC(=O)O)c1ccccc1Br. The van der Waals surface area contributed by atoms with Crippen molar-refractivity contribution in [3.05, 3.63) is 41.4 Å². The topological polar surface area (TPSA) is 40.5 Å². The van der Waals surface area contributed by atoms with Crippen molar-refractivity contribution in [1.29, 1.82) is 0 Å². The van der Waals surface area contributed by atoms with Gasteiger partial charge in [-0.05, 0) is 28.1 Å². The summed E-state index contributed by atoms with van der Waals surface area (Å²) in [6.45, 7) is 4.79. The molecule has 0 atom stereocenters. The summed E-state index contributed by atoms with van der Waals surface area (Å²) in [6.07, 6.45) is 1.89. The highest BCUT2D eigenvalue weighted by molar-refractivity contribution is 9.10. The van der Waals surface area contributed by atoms with Crippen LogP contribution in [0.25, 0.3) is 0 Å². The first kappa shape index (κ1) is 12.8. The molecule has 1 aromatic carbocycles. The molecule has 1 rings (SSSR count). The monoisotopic (exact) mass is 283 g/mol. The number of hydrogen-bond donors (Lipinski definition) is 1. The average molecular weight is 284 g/mol. The molecule has 0 radical (unpaired) electrons. The van der Waals surface area contributed by atoms with Crippen molar-refractivity contribution in [1.82, 2.24) is 0 Å². The third-order valence-electron chi connectivity index (χ3n) is 2.14. The minimum Gasteiger partial charge on any atom is -0.481 e. The maximum Gasteiger partial charge on any atom is 0.305 e. The molecular formula is C12H14BrNO2. The summed E-state index contributed by atoms with van der Waals surface area (Å²) in [5, 5.41) is 8.68. The number of carbonyl (C=O) groups is 1. The van der Waals surface area contributed by atoms with Gasteiger partial charge in [0.2, 0.25) is 0 Å². The molecule has 0 saturated carbocycles. The van der Waals surface area contributed by atoms with Crippen LogP contribution in [0.3, 0.4) is 0 Å². The van der Waals surface area contributed by atoms with E-state index in [2.05, 4.69) is 22.5 Å². The minimum atomic E-state index is -0.791. The van der Waals surface area contributed by atoms with E-state index < -0.39 is 5.97 Å². The van der Waals surface area contributed by atoms with Crippen LogP contribution in [0.1, 0.15) is 6.42 Å². The van der Waals surface area contributed by atoms with Crippen molar-refractivity contribution in [3.63, 3.8) is 0 Å². The standard InChI is InChI=1S/C12H14BrNO2/c1-2-8-14(9-7-12(15)16)11-6-4-3-5-10(11)13/h2-6H,1,7-9H2,(H,15,16). The van der Waals surface area contributed by atoms with Gasteiger partial charge in [-0.1, -0.05) is 18.2 Å². The Balaban J connectivity index is 2.80. The lowest BCUT2D eigenvalue weighted by molar-refractivity contribution is -0.136. The third kappa shape index (κ3) is 3.70. The van der Waals surface area contributed by atoms with Crippen molar-refractivity contribution in [2.24, 2.45) is 0 Å². The van der Waals surface area contributed by atoms with Gasteiger partial charge in [0, 0.05) is 17.6 Å². The lowest BCUT2D eigenvalue weighted by Crippen LogP contribution is -2.26. The van der Waals surface area contributed by atoms with E-state index in [1.807, 2.05) is 29.2 Å². The van der Waals surface area contributed by atoms with Gasteiger partial charge in [-0.25, -0.2) is 0 Å². The van der Waals surface area contributed by atoms with Gasteiger partial charge in [-0.2, -0.15) is 0 Å². The van der Waals surface area contributed by atoms with Gasteiger partial charge >= 0.3 is 5.97 Å². The van der Waals surface area contributed by atoms with Crippen molar-refractivity contribution in [2.75, 3.05) is 18.0 Å². The average Bonchev–Trinajstić information content (AvgIpc) is 2.25. The first-order valence-corrected chi connectivity index (χ1v) is 5.76. The van der Waals surface area contributed by atoms with Crippen LogP contribution in [0.2, 0.25) is 0 Å². The summed E-state index contributed by atoms with van der Waals surface area (Å²) in [5.74, 6) is -0.791. The smallest absolute Gasteiger partial charge is 0.305 e. The molecule has 0 amide bonds. The number of hydrogen-bond acceptors (Lipinski definition) is 2. The van der Waals surface area contributed by atoms with E-state index in [-0.39, 0.29) is 6.42 Å². The van der Waals surface area contributed by atoms with E-state index in [0.29, 0.717) is 13.1 Å². The largest absolute Gasteiger partial charge is 0.481 e. The fourth-order valence-electron chi connectivity index (χ4n) is 1.40. The number of para-hydroxylation sites is 1. The number of carboxylic acid groups (broad SMARTS) is 1. The Labute approximate surface area is 104 Å². The highest BCUT2D eigenvalue weighted by atomic mass is 79.9. The number of nitrogens with zero attached hydrogens (tertiary/aromatic N) is 1. The molecule has 4 heteroatoms. The number of carboxylic acids is 1. The van der Waals surface area contributed by atoms with Crippen LogP contribution in [0.15, 0.2) is 41.4 Å². The van der Waals surface area contributed by atoms with E-state index in [4.69, 9.17) is 5.11 Å². The minimum absolute atomic E-state index is 0.120. The molecule has 0 aliphatic heterocycles. The molecule has 0 heterocycles. The number of benzene rings is 1. The second-order valence-electron chi connectivity index (χ2n) is 3.33. The zero-order chi connectivity index (χ0) is 12.0. The molecule has 0 aliphatic carbocycles. The summed E-state index contributed by atoms with van der Waals surface area (Å²) in [4.78, 5) is 12.5. The lowest BCUT2D eigenvalue weighted by atomic mass is 10.2. The van der Waals surface area contributed by atoms with Crippen molar-refractivity contribution >= 4 is 27.6 Å². The Hall–Kier alpha value is -1.29. The van der Waals surface area contributed by atoms with Gasteiger partial charge in [-0.15, -0.1) is 6.58 Å². The number of anilines is 1. The van der Waals surface area contributed by atoms with E-state index in [9.17, 15) is 4.79 Å². The lowest BCUT2D eigenvalue weighted by Gasteiger charge is -2.23. The van der Waals surface area contributed by atoms with Crippen LogP contribution in [-0.2, 0) is 4.79 Å². The van der Waals surface area contributed by atoms with Crippen LogP contribution in [0, 0.1) is 0 Å². The molecule has 86 valence electrons. The molecule has 0 spiro atoms. The zero-order valence-corrected chi connectivity index (χ0v) is 10.5. The van der Waals surface area contributed by atoms with E-state index in [1.54, 1.807) is 6.08 Å². The molecule has 0 unspecified atom stereocenters. The highest BCUT2D eigenvalue weighted by Crippen LogP contribution is 2.25. The third-order valence-corrected chi connectivity index (χ3v) is 2.81. The van der Waals surface area contributed by atoms with Crippen molar-refractivity contribution in [3.8, 4) is 0 Å². The molecule has 0 aliphatic rings. The van der Waals surface area contributed by atoms with Crippen molar-refractivity contribution in [2.45, 2.75) is 6.42 Å². The predicted octanol–water partition coefficient (Wildman–Crippen LogP) is 2.92. The van der Waals surface area contributed by atoms with E-state index in [1.165, 1.54) is 0 Å². The second kappa shape index (κ2) is 6.33. The van der Waals surface area contributed by atoms with Crippen LogP contribution in [-0.4, -0.2) is 24.2 Å². The molecule has 0 saturated heterocycles. The van der Waals surface area contributed by atoms with Gasteiger partial charge in [0.15, 0.2) is 0 Å².